The van der Waals surface area contributed by atoms with Crippen molar-refractivity contribution < 1.29 is 18.3 Å². The number of aromatic nitrogens is 5. The Balaban J connectivity index is 2.23. The van der Waals surface area contributed by atoms with E-state index in [2.05, 4.69) is 25.3 Å². The Kier molecular flexibility index (Phi) is 3.81. The standard InChI is InChI=1S/C9H12N6O4S/c1-2-15-5-6(3-7(15)9(16)17)20(18,19)10-4-8-11-13-14-12-8/h3,5,10H,2,4H2,1H3,(H,16,17)(H,11,12,13,14). The van der Waals surface area contributed by atoms with Gasteiger partial charge in [0.25, 0.3) is 0 Å². The predicted molar refractivity (Wildman–Crippen MR) is 65.3 cm³/mol. The van der Waals surface area contributed by atoms with Crippen LogP contribution in [0, 0.1) is 0 Å². The Morgan fingerprint density at radius 2 is 2.30 bits per heavy atom. The van der Waals surface area contributed by atoms with E-state index in [1.807, 2.05) is 0 Å². The second kappa shape index (κ2) is 5.38. The van der Waals surface area contributed by atoms with E-state index >= 15 is 0 Å². The van der Waals surface area contributed by atoms with Gasteiger partial charge in [0.1, 0.15) is 10.6 Å². The zero-order valence-corrected chi connectivity index (χ0v) is 11.3. The molecule has 0 unspecified atom stereocenters. The fourth-order valence-corrected chi connectivity index (χ4v) is 2.59. The second-order valence-electron chi connectivity index (χ2n) is 3.80. The van der Waals surface area contributed by atoms with Crippen molar-refractivity contribution in [2.45, 2.75) is 24.9 Å². The molecule has 0 fully saturated rings. The first-order valence-electron chi connectivity index (χ1n) is 5.59. The number of aryl methyl sites for hydroxylation is 1. The number of hydrogen-bond acceptors (Lipinski definition) is 6. The molecule has 0 aliphatic heterocycles. The quantitative estimate of drug-likeness (QED) is 0.633. The van der Waals surface area contributed by atoms with E-state index in [0.29, 0.717) is 6.54 Å². The maximum absolute atomic E-state index is 12.0. The molecular formula is C9H12N6O4S. The van der Waals surface area contributed by atoms with Crippen LogP contribution in [0.2, 0.25) is 0 Å². The molecule has 108 valence electrons. The third kappa shape index (κ3) is 2.83. The Morgan fingerprint density at radius 1 is 1.55 bits per heavy atom. The summed E-state index contributed by atoms with van der Waals surface area (Å²) >= 11 is 0. The number of aromatic carboxylic acids is 1. The van der Waals surface area contributed by atoms with E-state index in [0.717, 1.165) is 6.07 Å². The minimum atomic E-state index is -3.84. The summed E-state index contributed by atoms with van der Waals surface area (Å²) in [5, 5.41) is 21.7. The van der Waals surface area contributed by atoms with Crippen LogP contribution in [-0.4, -0.2) is 44.7 Å². The predicted octanol–water partition coefficient (Wildman–Crippen LogP) is -0.802. The first-order valence-corrected chi connectivity index (χ1v) is 7.08. The van der Waals surface area contributed by atoms with Crippen molar-refractivity contribution in [2.75, 3.05) is 0 Å². The Bertz CT molecular complexity index is 705. The number of rotatable bonds is 6. The van der Waals surface area contributed by atoms with Crippen molar-refractivity contribution in [2.24, 2.45) is 0 Å². The fraction of sp³-hybridized carbons (Fsp3) is 0.333. The van der Waals surface area contributed by atoms with Crippen LogP contribution in [0.5, 0.6) is 0 Å². The average molecular weight is 300 g/mol. The lowest BCUT2D eigenvalue weighted by Crippen LogP contribution is -2.23. The molecule has 0 amide bonds. The Morgan fingerprint density at radius 3 is 2.80 bits per heavy atom. The monoisotopic (exact) mass is 300 g/mol. The molecule has 0 saturated heterocycles. The molecule has 0 aliphatic carbocycles. The molecule has 20 heavy (non-hydrogen) atoms. The fourth-order valence-electron chi connectivity index (χ4n) is 1.57. The highest BCUT2D eigenvalue weighted by atomic mass is 32.2. The molecule has 2 aromatic heterocycles. The maximum atomic E-state index is 12.0. The normalized spacial score (nSPS) is 11.7. The molecule has 0 atom stereocenters. The Hall–Kier alpha value is -2.27. The third-order valence-electron chi connectivity index (χ3n) is 2.55. The van der Waals surface area contributed by atoms with E-state index in [-0.39, 0.29) is 23.0 Å². The van der Waals surface area contributed by atoms with Crippen LogP contribution in [0.25, 0.3) is 0 Å². The summed E-state index contributed by atoms with van der Waals surface area (Å²) in [4.78, 5) is 10.9. The number of H-pyrrole nitrogens is 1. The van der Waals surface area contributed by atoms with Gasteiger partial charge >= 0.3 is 5.97 Å². The highest BCUT2D eigenvalue weighted by Gasteiger charge is 2.21. The number of carboxylic acid groups (broad SMARTS) is 1. The van der Waals surface area contributed by atoms with Crippen molar-refractivity contribution in [1.82, 2.24) is 29.9 Å². The van der Waals surface area contributed by atoms with Gasteiger partial charge in [0.15, 0.2) is 5.82 Å². The SMILES string of the molecule is CCn1cc(S(=O)(=O)NCc2nn[nH]n2)cc1C(=O)O. The highest BCUT2D eigenvalue weighted by molar-refractivity contribution is 7.89. The Labute approximate surface area is 113 Å². The second-order valence-corrected chi connectivity index (χ2v) is 5.57. The van der Waals surface area contributed by atoms with Crippen LogP contribution in [0.4, 0.5) is 0 Å². The van der Waals surface area contributed by atoms with Gasteiger partial charge in [-0.1, -0.05) is 5.21 Å². The summed E-state index contributed by atoms with van der Waals surface area (Å²) in [5.74, 6) is -1.01. The minimum absolute atomic E-state index is 0.0903. The number of carboxylic acids is 1. The average Bonchev–Trinajstić information content (AvgIpc) is 3.05. The molecule has 11 heteroatoms. The maximum Gasteiger partial charge on any atom is 0.352 e. The van der Waals surface area contributed by atoms with Crippen molar-refractivity contribution in [1.29, 1.82) is 0 Å². The van der Waals surface area contributed by atoms with Crippen LogP contribution < -0.4 is 4.72 Å². The van der Waals surface area contributed by atoms with Gasteiger partial charge in [-0.3, -0.25) is 0 Å². The molecule has 2 heterocycles. The van der Waals surface area contributed by atoms with E-state index in [9.17, 15) is 13.2 Å². The molecule has 3 N–H and O–H groups in total. The molecule has 2 aromatic rings. The molecule has 10 nitrogen and oxygen atoms in total. The lowest BCUT2D eigenvalue weighted by Gasteiger charge is -2.01. The molecule has 0 spiro atoms. The molecule has 2 rings (SSSR count). The molecule has 0 radical (unpaired) electrons. The van der Waals surface area contributed by atoms with Crippen LogP contribution in [0.3, 0.4) is 0 Å². The summed E-state index contributed by atoms with van der Waals surface area (Å²) in [6, 6.07) is 1.10. The van der Waals surface area contributed by atoms with Gasteiger partial charge in [-0.2, -0.15) is 5.21 Å². The van der Waals surface area contributed by atoms with Gasteiger partial charge < -0.3 is 9.67 Å². The first kappa shape index (κ1) is 14.1. The van der Waals surface area contributed by atoms with Gasteiger partial charge in [-0.15, -0.1) is 10.2 Å². The first-order chi connectivity index (χ1) is 9.44. The van der Waals surface area contributed by atoms with Gasteiger partial charge in [0.05, 0.1) is 6.54 Å². The number of carbonyl (C=O) groups is 1. The number of sulfonamides is 1. The third-order valence-corrected chi connectivity index (χ3v) is 3.92. The van der Waals surface area contributed by atoms with Gasteiger partial charge in [0.2, 0.25) is 10.0 Å². The van der Waals surface area contributed by atoms with Crippen LogP contribution in [0.1, 0.15) is 23.2 Å². The molecule has 0 bridgehead atoms. The van der Waals surface area contributed by atoms with Crippen molar-refractivity contribution >= 4 is 16.0 Å². The summed E-state index contributed by atoms with van der Waals surface area (Å²) in [7, 11) is -3.84. The van der Waals surface area contributed by atoms with Gasteiger partial charge in [0, 0.05) is 12.7 Å². The van der Waals surface area contributed by atoms with Gasteiger partial charge in [-0.25, -0.2) is 17.9 Å². The zero-order chi connectivity index (χ0) is 14.8. The summed E-state index contributed by atoms with van der Waals surface area (Å²) in [6.07, 6.45) is 1.27. The van der Waals surface area contributed by atoms with Crippen molar-refractivity contribution in [3.63, 3.8) is 0 Å². The number of nitrogens with one attached hydrogen (secondary N) is 2. The molecule has 0 aliphatic rings. The molecule has 0 saturated carbocycles. The lowest BCUT2D eigenvalue weighted by molar-refractivity contribution is 0.0685. The van der Waals surface area contributed by atoms with Crippen molar-refractivity contribution in [3.8, 4) is 0 Å². The van der Waals surface area contributed by atoms with E-state index in [1.54, 1.807) is 6.92 Å². The summed E-state index contributed by atoms with van der Waals surface area (Å²) in [6.45, 7) is 1.93. The zero-order valence-electron chi connectivity index (χ0n) is 10.4. The van der Waals surface area contributed by atoms with E-state index in [1.165, 1.54) is 10.8 Å². The topological polar surface area (TPSA) is 143 Å². The lowest BCUT2D eigenvalue weighted by atomic mass is 10.4. The number of hydrogen-bond donors (Lipinski definition) is 3. The number of nitrogens with zero attached hydrogens (tertiary/aromatic N) is 4. The van der Waals surface area contributed by atoms with Crippen LogP contribution >= 0.6 is 0 Å². The van der Waals surface area contributed by atoms with Crippen LogP contribution in [-0.2, 0) is 23.1 Å². The highest BCUT2D eigenvalue weighted by Crippen LogP contribution is 2.14. The smallest absolute Gasteiger partial charge is 0.352 e. The van der Waals surface area contributed by atoms with Crippen LogP contribution in [0.15, 0.2) is 17.2 Å². The largest absolute Gasteiger partial charge is 0.477 e. The van der Waals surface area contributed by atoms with Crippen molar-refractivity contribution in [3.05, 3.63) is 23.8 Å². The molecule has 0 aromatic carbocycles. The minimum Gasteiger partial charge on any atom is -0.477 e. The number of aromatic amines is 1. The van der Waals surface area contributed by atoms with E-state index in [4.69, 9.17) is 5.11 Å². The number of tetrazole rings is 1. The van der Waals surface area contributed by atoms with Gasteiger partial charge in [-0.05, 0) is 13.0 Å². The summed E-state index contributed by atoms with van der Waals surface area (Å²) in [5.41, 5.74) is -0.0903. The molecular weight excluding hydrogens is 288 g/mol. The summed E-state index contributed by atoms with van der Waals surface area (Å²) < 4.78 is 27.7. The van der Waals surface area contributed by atoms with E-state index < -0.39 is 16.0 Å².